The van der Waals surface area contributed by atoms with Gasteiger partial charge >= 0.3 is 5.97 Å². The molecule has 0 radical (unpaired) electrons. The summed E-state index contributed by atoms with van der Waals surface area (Å²) in [5, 5.41) is 9.10. The van der Waals surface area contributed by atoms with Gasteiger partial charge in [-0.25, -0.2) is 0 Å². The quantitative estimate of drug-likeness (QED) is 0.918. The van der Waals surface area contributed by atoms with Crippen LogP contribution in [0.5, 0.6) is 5.75 Å². The average molecular weight is 291 g/mol. The van der Waals surface area contributed by atoms with Crippen molar-refractivity contribution >= 4 is 11.9 Å². The van der Waals surface area contributed by atoms with Gasteiger partial charge in [0.15, 0.2) is 0 Å². The second-order valence-electron chi connectivity index (χ2n) is 5.58. The lowest BCUT2D eigenvalue weighted by molar-refractivity contribution is -0.148. The SMILES string of the molecule is COc1ccc(CC(=O)N2CCC(C(=O)O)C(C)C2)cc1. The van der Waals surface area contributed by atoms with Crippen molar-refractivity contribution < 1.29 is 19.4 Å². The van der Waals surface area contributed by atoms with Crippen molar-refractivity contribution in [2.24, 2.45) is 11.8 Å². The van der Waals surface area contributed by atoms with Crippen LogP contribution in [0.4, 0.5) is 0 Å². The Morgan fingerprint density at radius 1 is 1.33 bits per heavy atom. The first-order valence-corrected chi connectivity index (χ1v) is 7.14. The van der Waals surface area contributed by atoms with Crippen molar-refractivity contribution in [1.82, 2.24) is 4.90 Å². The fourth-order valence-corrected chi connectivity index (χ4v) is 2.77. The lowest BCUT2D eigenvalue weighted by atomic mass is 9.87. The van der Waals surface area contributed by atoms with Gasteiger partial charge in [-0.3, -0.25) is 9.59 Å². The normalized spacial score (nSPS) is 21.9. The van der Waals surface area contributed by atoms with E-state index in [-0.39, 0.29) is 17.7 Å². The van der Waals surface area contributed by atoms with Crippen molar-refractivity contribution in [3.63, 3.8) is 0 Å². The molecule has 1 aliphatic rings. The number of carbonyl (C=O) groups excluding carboxylic acids is 1. The summed E-state index contributed by atoms with van der Waals surface area (Å²) in [7, 11) is 1.61. The minimum atomic E-state index is -0.759. The third-order valence-electron chi connectivity index (χ3n) is 4.09. The monoisotopic (exact) mass is 291 g/mol. The number of hydrogen-bond acceptors (Lipinski definition) is 3. The van der Waals surface area contributed by atoms with E-state index in [1.165, 1.54) is 0 Å². The van der Waals surface area contributed by atoms with Gasteiger partial charge in [0, 0.05) is 13.1 Å². The van der Waals surface area contributed by atoms with Crippen molar-refractivity contribution in [3.8, 4) is 5.75 Å². The molecule has 21 heavy (non-hydrogen) atoms. The van der Waals surface area contributed by atoms with E-state index in [1.807, 2.05) is 31.2 Å². The van der Waals surface area contributed by atoms with Gasteiger partial charge in [0.05, 0.1) is 19.4 Å². The van der Waals surface area contributed by atoms with E-state index in [9.17, 15) is 9.59 Å². The van der Waals surface area contributed by atoms with E-state index < -0.39 is 5.97 Å². The van der Waals surface area contributed by atoms with Crippen LogP contribution < -0.4 is 4.74 Å². The molecule has 1 saturated heterocycles. The standard InChI is InChI=1S/C16H21NO4/c1-11-10-17(8-7-14(11)16(19)20)15(18)9-12-3-5-13(21-2)6-4-12/h3-6,11,14H,7-10H2,1-2H3,(H,19,20). The Morgan fingerprint density at radius 2 is 2.00 bits per heavy atom. The van der Waals surface area contributed by atoms with E-state index in [2.05, 4.69) is 0 Å². The minimum Gasteiger partial charge on any atom is -0.497 e. The Morgan fingerprint density at radius 3 is 2.52 bits per heavy atom. The van der Waals surface area contributed by atoms with E-state index in [0.29, 0.717) is 25.9 Å². The Kier molecular flexibility index (Phi) is 4.83. The van der Waals surface area contributed by atoms with E-state index in [1.54, 1.807) is 12.0 Å². The fourth-order valence-electron chi connectivity index (χ4n) is 2.77. The van der Waals surface area contributed by atoms with Crippen LogP contribution in [0.15, 0.2) is 24.3 Å². The summed E-state index contributed by atoms with van der Waals surface area (Å²) in [5.74, 6) is -0.284. The van der Waals surface area contributed by atoms with E-state index >= 15 is 0 Å². The maximum atomic E-state index is 12.3. The summed E-state index contributed by atoms with van der Waals surface area (Å²) in [6.07, 6.45) is 0.874. The average Bonchev–Trinajstić information content (AvgIpc) is 2.47. The number of carboxylic acids is 1. The molecule has 1 aliphatic heterocycles. The number of benzene rings is 1. The number of hydrogen-bond donors (Lipinski definition) is 1. The first kappa shape index (κ1) is 15.4. The second kappa shape index (κ2) is 6.61. The molecule has 5 heteroatoms. The van der Waals surface area contributed by atoms with Crippen LogP contribution in [-0.2, 0) is 16.0 Å². The van der Waals surface area contributed by atoms with Gasteiger partial charge in [-0.15, -0.1) is 0 Å². The van der Waals surface area contributed by atoms with Gasteiger partial charge in [-0.2, -0.15) is 0 Å². The Labute approximate surface area is 124 Å². The molecule has 114 valence electrons. The van der Waals surface area contributed by atoms with Crippen LogP contribution >= 0.6 is 0 Å². The van der Waals surface area contributed by atoms with Gasteiger partial charge in [0.25, 0.3) is 0 Å². The minimum absolute atomic E-state index is 0.00364. The lowest BCUT2D eigenvalue weighted by Crippen LogP contribution is -2.45. The molecule has 1 heterocycles. The van der Waals surface area contributed by atoms with Gasteiger partial charge in [0.2, 0.25) is 5.91 Å². The first-order chi connectivity index (χ1) is 10.0. The zero-order valence-corrected chi connectivity index (χ0v) is 12.4. The van der Waals surface area contributed by atoms with Gasteiger partial charge < -0.3 is 14.7 Å². The van der Waals surface area contributed by atoms with Crippen LogP contribution in [0.1, 0.15) is 18.9 Å². The molecule has 0 bridgehead atoms. The predicted molar refractivity (Wildman–Crippen MR) is 78.2 cm³/mol. The molecule has 2 atom stereocenters. The Hall–Kier alpha value is -2.04. The Bertz CT molecular complexity index is 512. The maximum Gasteiger partial charge on any atom is 0.306 e. The summed E-state index contributed by atoms with van der Waals surface area (Å²) in [5.41, 5.74) is 0.939. The molecule has 5 nitrogen and oxygen atoms in total. The number of carboxylic acid groups (broad SMARTS) is 1. The van der Waals surface area contributed by atoms with Crippen LogP contribution in [0, 0.1) is 11.8 Å². The van der Waals surface area contributed by atoms with Crippen molar-refractivity contribution in [1.29, 1.82) is 0 Å². The molecule has 0 spiro atoms. The summed E-state index contributed by atoms with van der Waals surface area (Å²) in [4.78, 5) is 25.1. The summed E-state index contributed by atoms with van der Waals surface area (Å²) in [6, 6.07) is 7.43. The van der Waals surface area contributed by atoms with Crippen LogP contribution in [-0.4, -0.2) is 42.1 Å². The van der Waals surface area contributed by atoms with E-state index in [4.69, 9.17) is 9.84 Å². The van der Waals surface area contributed by atoms with Crippen molar-refractivity contribution in [3.05, 3.63) is 29.8 Å². The highest BCUT2D eigenvalue weighted by Gasteiger charge is 2.32. The molecule has 2 unspecified atom stereocenters. The summed E-state index contributed by atoms with van der Waals surface area (Å²) < 4.78 is 5.09. The first-order valence-electron chi connectivity index (χ1n) is 7.14. The highest BCUT2D eigenvalue weighted by atomic mass is 16.5. The highest BCUT2D eigenvalue weighted by molar-refractivity contribution is 5.79. The maximum absolute atomic E-state index is 12.3. The third kappa shape index (κ3) is 3.74. The predicted octanol–water partition coefficient (Wildman–Crippen LogP) is 1.81. The smallest absolute Gasteiger partial charge is 0.306 e. The second-order valence-corrected chi connectivity index (χ2v) is 5.58. The van der Waals surface area contributed by atoms with Crippen LogP contribution in [0.3, 0.4) is 0 Å². The zero-order chi connectivity index (χ0) is 15.4. The lowest BCUT2D eigenvalue weighted by Gasteiger charge is -2.35. The number of methoxy groups -OCH3 is 1. The third-order valence-corrected chi connectivity index (χ3v) is 4.09. The number of likely N-dealkylation sites (tertiary alicyclic amines) is 1. The molecule has 0 saturated carbocycles. The molecule has 1 N–H and O–H groups in total. The molecular weight excluding hydrogens is 270 g/mol. The molecule has 1 aromatic rings. The number of rotatable bonds is 4. The summed E-state index contributed by atoms with van der Waals surface area (Å²) in [6.45, 7) is 2.94. The van der Waals surface area contributed by atoms with Crippen LogP contribution in [0.25, 0.3) is 0 Å². The topological polar surface area (TPSA) is 66.8 Å². The van der Waals surface area contributed by atoms with Gasteiger partial charge in [0.1, 0.15) is 5.75 Å². The molecule has 1 fully saturated rings. The molecule has 2 rings (SSSR count). The number of nitrogens with zero attached hydrogens (tertiary/aromatic N) is 1. The number of ether oxygens (including phenoxy) is 1. The molecule has 1 aromatic carbocycles. The summed E-state index contributed by atoms with van der Waals surface area (Å²) >= 11 is 0. The molecule has 1 amide bonds. The number of aliphatic carboxylic acids is 1. The zero-order valence-electron chi connectivity index (χ0n) is 12.4. The van der Waals surface area contributed by atoms with Gasteiger partial charge in [-0.05, 0) is 30.0 Å². The Balaban J connectivity index is 1.93. The molecular formula is C16H21NO4. The highest BCUT2D eigenvalue weighted by Crippen LogP contribution is 2.24. The molecule has 0 aromatic heterocycles. The van der Waals surface area contributed by atoms with Crippen molar-refractivity contribution in [2.75, 3.05) is 20.2 Å². The number of carbonyl (C=O) groups is 2. The largest absolute Gasteiger partial charge is 0.497 e. The number of piperidine rings is 1. The van der Waals surface area contributed by atoms with E-state index in [0.717, 1.165) is 11.3 Å². The van der Waals surface area contributed by atoms with Crippen molar-refractivity contribution in [2.45, 2.75) is 19.8 Å². The van der Waals surface area contributed by atoms with Crippen LogP contribution in [0.2, 0.25) is 0 Å². The van der Waals surface area contributed by atoms with Gasteiger partial charge in [-0.1, -0.05) is 19.1 Å². The number of amides is 1. The fraction of sp³-hybridized carbons (Fsp3) is 0.500. The molecule has 0 aliphatic carbocycles.